The van der Waals surface area contributed by atoms with E-state index in [1.54, 1.807) is 17.8 Å². The molecule has 0 bridgehead atoms. The molecule has 1 aliphatic rings. The minimum atomic E-state index is -0.122. The van der Waals surface area contributed by atoms with Crippen molar-refractivity contribution in [3.8, 4) is 0 Å². The van der Waals surface area contributed by atoms with Crippen LogP contribution in [0.15, 0.2) is 12.3 Å². The molecular weight excluding hydrogens is 262 g/mol. The summed E-state index contributed by atoms with van der Waals surface area (Å²) in [5.74, 6) is -0.122. The Morgan fingerprint density at radius 3 is 2.89 bits per heavy atom. The van der Waals surface area contributed by atoms with E-state index in [1.807, 2.05) is 23.9 Å². The number of nitrogen functional groups attached to an aromatic ring is 1. The fourth-order valence-electron chi connectivity index (χ4n) is 2.15. The molecule has 2 rings (SSSR count). The highest BCUT2D eigenvalue weighted by Gasteiger charge is 2.28. The molecule has 2 atom stereocenters. The van der Waals surface area contributed by atoms with Crippen LogP contribution in [0.2, 0.25) is 0 Å². The van der Waals surface area contributed by atoms with Crippen LogP contribution in [0.4, 0.5) is 5.69 Å². The van der Waals surface area contributed by atoms with E-state index < -0.39 is 0 Å². The van der Waals surface area contributed by atoms with Gasteiger partial charge in [-0.1, -0.05) is 0 Å². The fourth-order valence-corrected chi connectivity index (χ4v) is 2.77. The zero-order valence-corrected chi connectivity index (χ0v) is 12.1. The van der Waals surface area contributed by atoms with Gasteiger partial charge in [-0.05, 0) is 32.1 Å². The minimum absolute atomic E-state index is 0.00522. The summed E-state index contributed by atoms with van der Waals surface area (Å²) in [6.45, 7) is 1.96. The molecule has 0 spiro atoms. The maximum atomic E-state index is 12.3. The number of amides is 1. The second-order valence-corrected chi connectivity index (χ2v) is 6.09. The standard InChI is InChI=1S/C13H21N3O2S/c1-8(12(7-17)19-2)15-13(18)11-5-9(14)6-16(11)10-3-4-10/h5-6,8,10,12,17H,3-4,7,14H2,1-2H3,(H,15,18). The molecule has 1 heterocycles. The molecule has 2 unspecified atom stereocenters. The summed E-state index contributed by atoms with van der Waals surface area (Å²) >= 11 is 1.55. The van der Waals surface area contributed by atoms with Gasteiger partial charge in [0.2, 0.25) is 0 Å². The molecule has 106 valence electrons. The second kappa shape index (κ2) is 5.88. The predicted octanol–water partition coefficient (Wildman–Crippen LogP) is 1.25. The van der Waals surface area contributed by atoms with Crippen LogP contribution in [0.25, 0.3) is 0 Å². The molecule has 0 aliphatic heterocycles. The van der Waals surface area contributed by atoms with Crippen molar-refractivity contribution in [1.82, 2.24) is 9.88 Å². The van der Waals surface area contributed by atoms with Crippen LogP contribution >= 0.6 is 11.8 Å². The van der Waals surface area contributed by atoms with E-state index in [9.17, 15) is 9.90 Å². The van der Waals surface area contributed by atoms with Crippen molar-refractivity contribution in [2.75, 3.05) is 18.6 Å². The van der Waals surface area contributed by atoms with Crippen LogP contribution in [0.1, 0.15) is 36.3 Å². The number of rotatable bonds is 6. The summed E-state index contributed by atoms with van der Waals surface area (Å²) in [5, 5.41) is 12.2. The molecule has 19 heavy (non-hydrogen) atoms. The molecule has 5 nitrogen and oxygen atoms in total. The molecule has 6 heteroatoms. The second-order valence-electron chi connectivity index (χ2n) is 5.02. The van der Waals surface area contributed by atoms with E-state index in [-0.39, 0.29) is 23.8 Å². The number of thioether (sulfide) groups is 1. The van der Waals surface area contributed by atoms with Crippen molar-refractivity contribution in [1.29, 1.82) is 0 Å². The number of aliphatic hydroxyl groups excluding tert-OH is 1. The number of aliphatic hydroxyl groups is 1. The molecule has 1 fully saturated rings. The van der Waals surface area contributed by atoms with Crippen molar-refractivity contribution in [2.24, 2.45) is 0 Å². The average Bonchev–Trinajstić information content (AvgIpc) is 3.13. The summed E-state index contributed by atoms with van der Waals surface area (Å²) in [6.07, 6.45) is 5.96. The molecule has 0 aromatic carbocycles. The maximum Gasteiger partial charge on any atom is 0.268 e. The van der Waals surface area contributed by atoms with E-state index in [0.717, 1.165) is 12.8 Å². The molecule has 0 radical (unpaired) electrons. The number of hydrogen-bond donors (Lipinski definition) is 3. The minimum Gasteiger partial charge on any atom is -0.397 e. The predicted molar refractivity (Wildman–Crippen MR) is 78.4 cm³/mol. The van der Waals surface area contributed by atoms with Crippen LogP contribution < -0.4 is 11.1 Å². The Morgan fingerprint density at radius 1 is 1.68 bits per heavy atom. The van der Waals surface area contributed by atoms with Gasteiger partial charge in [0.1, 0.15) is 5.69 Å². The maximum absolute atomic E-state index is 12.3. The first-order chi connectivity index (χ1) is 9.06. The summed E-state index contributed by atoms with van der Waals surface area (Å²) in [4.78, 5) is 12.3. The monoisotopic (exact) mass is 283 g/mol. The lowest BCUT2D eigenvalue weighted by Gasteiger charge is -2.21. The zero-order chi connectivity index (χ0) is 14.0. The van der Waals surface area contributed by atoms with E-state index >= 15 is 0 Å². The normalized spacial score (nSPS) is 18.1. The summed E-state index contributed by atoms with van der Waals surface area (Å²) in [7, 11) is 0. The van der Waals surface area contributed by atoms with E-state index in [0.29, 0.717) is 17.4 Å². The Balaban J connectivity index is 2.07. The summed E-state index contributed by atoms with van der Waals surface area (Å²) in [5.41, 5.74) is 7.01. The highest BCUT2D eigenvalue weighted by atomic mass is 32.2. The Morgan fingerprint density at radius 2 is 2.37 bits per heavy atom. The molecular formula is C13H21N3O2S. The number of nitrogens with one attached hydrogen (secondary N) is 1. The number of hydrogen-bond acceptors (Lipinski definition) is 4. The van der Waals surface area contributed by atoms with Gasteiger partial charge in [-0.25, -0.2) is 0 Å². The highest BCUT2D eigenvalue weighted by molar-refractivity contribution is 7.99. The van der Waals surface area contributed by atoms with Gasteiger partial charge < -0.3 is 20.7 Å². The zero-order valence-electron chi connectivity index (χ0n) is 11.3. The van der Waals surface area contributed by atoms with Crippen LogP contribution in [-0.4, -0.2) is 39.7 Å². The number of carbonyl (C=O) groups excluding carboxylic acids is 1. The van der Waals surface area contributed by atoms with Gasteiger partial charge in [-0.3, -0.25) is 4.79 Å². The molecule has 1 saturated carbocycles. The van der Waals surface area contributed by atoms with Gasteiger partial charge in [-0.15, -0.1) is 0 Å². The third-order valence-electron chi connectivity index (χ3n) is 3.44. The molecule has 0 saturated heterocycles. The molecule has 1 aromatic rings. The van der Waals surface area contributed by atoms with E-state index in [2.05, 4.69) is 5.32 Å². The third kappa shape index (κ3) is 3.25. The van der Waals surface area contributed by atoms with Crippen molar-refractivity contribution in [3.63, 3.8) is 0 Å². The number of anilines is 1. The van der Waals surface area contributed by atoms with Crippen molar-refractivity contribution in [3.05, 3.63) is 18.0 Å². The molecule has 1 amide bonds. The Kier molecular flexibility index (Phi) is 4.42. The van der Waals surface area contributed by atoms with Gasteiger partial charge >= 0.3 is 0 Å². The Bertz CT molecular complexity index is 453. The Labute approximate surface area is 117 Å². The first-order valence-corrected chi connectivity index (χ1v) is 7.77. The van der Waals surface area contributed by atoms with Gasteiger partial charge in [-0.2, -0.15) is 11.8 Å². The molecule has 1 aliphatic carbocycles. The quantitative estimate of drug-likeness (QED) is 0.734. The lowest BCUT2D eigenvalue weighted by molar-refractivity contribution is 0.0926. The van der Waals surface area contributed by atoms with Crippen molar-refractivity contribution in [2.45, 2.75) is 37.1 Å². The Hall–Kier alpha value is -1.14. The van der Waals surface area contributed by atoms with Gasteiger partial charge in [0.25, 0.3) is 5.91 Å². The summed E-state index contributed by atoms with van der Waals surface area (Å²) in [6, 6.07) is 2.05. The number of carbonyl (C=O) groups is 1. The fraction of sp³-hybridized carbons (Fsp3) is 0.615. The lowest BCUT2D eigenvalue weighted by atomic mass is 10.2. The van der Waals surface area contributed by atoms with Crippen LogP contribution in [0.3, 0.4) is 0 Å². The van der Waals surface area contributed by atoms with Gasteiger partial charge in [0.05, 0.1) is 12.3 Å². The third-order valence-corrected chi connectivity index (χ3v) is 4.60. The number of nitrogens with zero attached hydrogens (tertiary/aromatic N) is 1. The largest absolute Gasteiger partial charge is 0.397 e. The van der Waals surface area contributed by atoms with E-state index in [1.165, 1.54) is 0 Å². The molecule has 1 aromatic heterocycles. The smallest absolute Gasteiger partial charge is 0.268 e. The average molecular weight is 283 g/mol. The number of aromatic nitrogens is 1. The van der Waals surface area contributed by atoms with Gasteiger partial charge in [0, 0.05) is 23.5 Å². The van der Waals surface area contributed by atoms with Crippen LogP contribution in [0.5, 0.6) is 0 Å². The summed E-state index contributed by atoms with van der Waals surface area (Å²) < 4.78 is 1.96. The first kappa shape index (κ1) is 14.3. The van der Waals surface area contributed by atoms with Crippen molar-refractivity contribution >= 4 is 23.4 Å². The topological polar surface area (TPSA) is 80.3 Å². The van der Waals surface area contributed by atoms with Gasteiger partial charge in [0.15, 0.2) is 0 Å². The van der Waals surface area contributed by atoms with E-state index in [4.69, 9.17) is 5.73 Å². The molecule has 4 N–H and O–H groups in total. The van der Waals surface area contributed by atoms with Crippen molar-refractivity contribution < 1.29 is 9.90 Å². The number of nitrogens with two attached hydrogens (primary N) is 1. The van der Waals surface area contributed by atoms with Crippen LogP contribution in [-0.2, 0) is 0 Å². The lowest BCUT2D eigenvalue weighted by Crippen LogP contribution is -2.41. The highest BCUT2D eigenvalue weighted by Crippen LogP contribution is 2.37. The van der Waals surface area contributed by atoms with Crippen LogP contribution in [0, 0.1) is 0 Å². The SMILES string of the molecule is CSC(CO)C(C)NC(=O)c1cc(N)cn1C1CC1. The first-order valence-electron chi connectivity index (χ1n) is 6.48.